The van der Waals surface area contributed by atoms with Crippen molar-refractivity contribution in [1.29, 1.82) is 0 Å². The van der Waals surface area contributed by atoms with Gasteiger partial charge < -0.3 is 0 Å². The molecule has 2 aromatic rings. The Kier molecular flexibility index (Phi) is 6.61. The molecule has 5 heteroatoms. The molecular formula is C20H20N4O. The molecule has 0 spiro atoms. The van der Waals surface area contributed by atoms with E-state index in [9.17, 15) is 4.79 Å². The summed E-state index contributed by atoms with van der Waals surface area (Å²) in [5.74, 6) is 3.07. The first-order valence-corrected chi connectivity index (χ1v) is 8.00. The maximum absolute atomic E-state index is 12.5. The summed E-state index contributed by atoms with van der Waals surface area (Å²) in [6.07, 6.45) is 14.2. The summed E-state index contributed by atoms with van der Waals surface area (Å²) in [5, 5.41) is 4.50. The number of nitrogens with zero attached hydrogens (tertiary/aromatic N) is 4. The van der Waals surface area contributed by atoms with Gasteiger partial charge >= 0.3 is 0 Å². The largest absolute Gasteiger partial charge is 0.300 e. The first-order valence-electron chi connectivity index (χ1n) is 8.00. The predicted octanol–water partition coefficient (Wildman–Crippen LogP) is 3.26. The van der Waals surface area contributed by atoms with E-state index >= 15 is 0 Å². The van der Waals surface area contributed by atoms with Crippen LogP contribution < -0.4 is 5.56 Å². The molecule has 0 aliphatic carbocycles. The minimum Gasteiger partial charge on any atom is -0.265 e. The number of pyridine rings is 1. The van der Waals surface area contributed by atoms with Crippen molar-refractivity contribution in [2.45, 2.75) is 25.8 Å². The first kappa shape index (κ1) is 18.1. The molecule has 2 aromatic heterocycles. The fraction of sp³-hybridized carbons (Fsp3) is 0.200. The molecule has 0 fully saturated rings. The van der Waals surface area contributed by atoms with Crippen LogP contribution in [0, 0.1) is 12.3 Å². The summed E-state index contributed by atoms with van der Waals surface area (Å²) >= 11 is 0. The predicted molar refractivity (Wildman–Crippen MR) is 101 cm³/mol. The highest BCUT2D eigenvalue weighted by molar-refractivity contribution is 5.71. The van der Waals surface area contributed by atoms with Crippen molar-refractivity contribution in [2.75, 3.05) is 0 Å². The molecule has 0 radical (unpaired) electrons. The second-order valence-electron chi connectivity index (χ2n) is 5.25. The lowest BCUT2D eigenvalue weighted by atomic mass is 10.2. The van der Waals surface area contributed by atoms with Gasteiger partial charge in [0.2, 0.25) is 0 Å². The Morgan fingerprint density at radius 3 is 2.80 bits per heavy atom. The molecule has 0 aliphatic rings. The quantitative estimate of drug-likeness (QED) is 0.423. The smallest absolute Gasteiger partial charge is 0.265 e. The third-order valence-electron chi connectivity index (χ3n) is 3.50. The van der Waals surface area contributed by atoms with E-state index in [1.807, 2.05) is 12.1 Å². The number of aryl methyl sites for hydroxylation is 1. The van der Waals surface area contributed by atoms with Gasteiger partial charge in [-0.15, -0.1) is 12.3 Å². The maximum Gasteiger partial charge on any atom is 0.300 e. The molecule has 2 rings (SSSR count). The number of allylic oxidation sites excluding steroid dienone is 4. The van der Waals surface area contributed by atoms with Gasteiger partial charge in [0.1, 0.15) is 5.69 Å². The van der Waals surface area contributed by atoms with Gasteiger partial charge in [-0.3, -0.25) is 9.78 Å². The zero-order valence-electron chi connectivity index (χ0n) is 14.1. The van der Waals surface area contributed by atoms with E-state index in [0.29, 0.717) is 30.1 Å². The zero-order chi connectivity index (χ0) is 18.1. The normalized spacial score (nSPS) is 10.9. The van der Waals surface area contributed by atoms with Crippen molar-refractivity contribution >= 4 is 5.57 Å². The van der Waals surface area contributed by atoms with Crippen LogP contribution in [0.3, 0.4) is 0 Å². The van der Waals surface area contributed by atoms with Crippen LogP contribution in [0.25, 0.3) is 17.1 Å². The molecule has 0 aromatic carbocycles. The summed E-state index contributed by atoms with van der Waals surface area (Å²) in [6, 6.07) is 5.45. The molecule has 25 heavy (non-hydrogen) atoms. The highest BCUT2D eigenvalue weighted by Crippen LogP contribution is 2.15. The SMILES string of the molecule is C#CCCCCn1nc(/C(C=C)=C/C=C)c(=O)nc1-c1ccccn1. The van der Waals surface area contributed by atoms with E-state index in [2.05, 4.69) is 34.1 Å². The second-order valence-corrected chi connectivity index (χ2v) is 5.25. The van der Waals surface area contributed by atoms with Crippen LogP contribution in [-0.4, -0.2) is 19.7 Å². The van der Waals surface area contributed by atoms with Crippen molar-refractivity contribution < 1.29 is 0 Å². The fourth-order valence-electron chi connectivity index (χ4n) is 2.30. The lowest BCUT2D eigenvalue weighted by Crippen LogP contribution is -2.23. The van der Waals surface area contributed by atoms with Gasteiger partial charge in [0.25, 0.3) is 5.56 Å². The molecular weight excluding hydrogens is 312 g/mol. The number of hydrogen-bond donors (Lipinski definition) is 0. The number of aromatic nitrogens is 4. The lowest BCUT2D eigenvalue weighted by molar-refractivity contribution is 0.542. The molecule has 5 nitrogen and oxygen atoms in total. The maximum atomic E-state index is 12.5. The summed E-state index contributed by atoms with van der Waals surface area (Å²) in [4.78, 5) is 20.9. The van der Waals surface area contributed by atoms with Gasteiger partial charge in [-0.1, -0.05) is 37.5 Å². The number of rotatable bonds is 8. The fourth-order valence-corrected chi connectivity index (χ4v) is 2.30. The molecule has 0 N–H and O–H groups in total. The molecule has 0 aliphatic heterocycles. The summed E-state index contributed by atoms with van der Waals surface area (Å²) < 4.78 is 1.70. The van der Waals surface area contributed by atoms with Crippen molar-refractivity contribution in [3.8, 4) is 23.9 Å². The zero-order valence-corrected chi connectivity index (χ0v) is 14.1. The Morgan fingerprint density at radius 1 is 1.32 bits per heavy atom. The van der Waals surface area contributed by atoms with E-state index in [1.54, 1.807) is 35.2 Å². The van der Waals surface area contributed by atoms with Crippen molar-refractivity contribution in [3.05, 3.63) is 71.8 Å². The Bertz CT molecular complexity index is 873. The Balaban J connectivity index is 2.52. The number of hydrogen-bond acceptors (Lipinski definition) is 4. The molecule has 0 saturated carbocycles. The summed E-state index contributed by atoms with van der Waals surface area (Å²) in [5.41, 5.74) is 1.00. The molecule has 0 saturated heterocycles. The molecule has 2 heterocycles. The van der Waals surface area contributed by atoms with Gasteiger partial charge in [0, 0.05) is 24.7 Å². The van der Waals surface area contributed by atoms with Crippen LogP contribution in [0.2, 0.25) is 0 Å². The van der Waals surface area contributed by atoms with Gasteiger partial charge in [0.15, 0.2) is 11.5 Å². The van der Waals surface area contributed by atoms with E-state index in [-0.39, 0.29) is 5.69 Å². The Morgan fingerprint density at radius 2 is 2.16 bits per heavy atom. The van der Waals surface area contributed by atoms with Gasteiger partial charge in [-0.05, 0) is 25.0 Å². The average Bonchev–Trinajstić information content (AvgIpc) is 2.65. The van der Waals surface area contributed by atoms with Crippen LogP contribution in [0.15, 0.2) is 60.6 Å². The van der Waals surface area contributed by atoms with Crippen molar-refractivity contribution in [2.24, 2.45) is 0 Å². The minimum atomic E-state index is -0.423. The minimum absolute atomic E-state index is 0.242. The number of unbranched alkanes of at least 4 members (excludes halogenated alkanes) is 2. The molecule has 0 atom stereocenters. The van der Waals surface area contributed by atoms with Crippen LogP contribution in [0.5, 0.6) is 0 Å². The topological polar surface area (TPSA) is 60.7 Å². The lowest BCUT2D eigenvalue weighted by Gasteiger charge is -2.12. The summed E-state index contributed by atoms with van der Waals surface area (Å²) in [7, 11) is 0. The van der Waals surface area contributed by atoms with Crippen LogP contribution in [0.1, 0.15) is 25.0 Å². The summed E-state index contributed by atoms with van der Waals surface area (Å²) in [6.45, 7) is 7.97. The standard InChI is InChI=1S/C20H20N4O/c1-4-7-8-11-15-24-19(17-13-9-10-14-21-17)22-20(25)18(23-24)16(6-3)12-5-2/h1,5-6,9-10,12-14H,2-3,7-8,11,15H2/b16-12+. The first-order chi connectivity index (χ1) is 12.2. The third kappa shape index (κ3) is 4.61. The highest BCUT2D eigenvalue weighted by Gasteiger charge is 2.14. The van der Waals surface area contributed by atoms with E-state index in [4.69, 9.17) is 6.42 Å². The Hall–Kier alpha value is -3.26. The van der Waals surface area contributed by atoms with Gasteiger partial charge in [-0.2, -0.15) is 10.1 Å². The van der Waals surface area contributed by atoms with Gasteiger partial charge in [0.05, 0.1) is 0 Å². The van der Waals surface area contributed by atoms with Crippen molar-refractivity contribution in [3.63, 3.8) is 0 Å². The van der Waals surface area contributed by atoms with E-state index in [1.165, 1.54) is 0 Å². The molecule has 0 bridgehead atoms. The third-order valence-corrected chi connectivity index (χ3v) is 3.50. The molecule has 0 amide bonds. The highest BCUT2D eigenvalue weighted by atomic mass is 16.1. The van der Waals surface area contributed by atoms with Crippen LogP contribution in [-0.2, 0) is 6.54 Å². The van der Waals surface area contributed by atoms with Gasteiger partial charge in [-0.25, -0.2) is 4.68 Å². The molecule has 126 valence electrons. The van der Waals surface area contributed by atoms with E-state index < -0.39 is 5.56 Å². The Labute approximate surface area is 147 Å². The molecule has 0 unspecified atom stereocenters. The van der Waals surface area contributed by atoms with Crippen LogP contribution >= 0.6 is 0 Å². The average molecular weight is 332 g/mol. The van der Waals surface area contributed by atoms with Crippen LogP contribution in [0.4, 0.5) is 0 Å². The van der Waals surface area contributed by atoms with E-state index in [0.717, 1.165) is 12.8 Å². The number of terminal acetylenes is 1. The second kappa shape index (κ2) is 9.14. The monoisotopic (exact) mass is 332 g/mol. The van der Waals surface area contributed by atoms with Crippen molar-refractivity contribution in [1.82, 2.24) is 19.7 Å².